The van der Waals surface area contributed by atoms with Gasteiger partial charge in [-0.1, -0.05) is 35.9 Å². The molecule has 0 bridgehead atoms. The Balaban J connectivity index is 1.76. The normalized spacial score (nSPS) is 11.4. The topological polar surface area (TPSA) is 68.2 Å². The molecule has 5 rings (SSSR count). The zero-order valence-corrected chi connectivity index (χ0v) is 15.7. The van der Waals surface area contributed by atoms with E-state index in [0.717, 1.165) is 44.8 Å². The van der Waals surface area contributed by atoms with E-state index in [9.17, 15) is 0 Å². The number of rotatable bonds is 4. The Morgan fingerprint density at radius 1 is 1.00 bits per heavy atom. The second-order valence-electron chi connectivity index (χ2n) is 6.89. The SMILES string of the molecule is Cc1ccc2nc(NCc3ccco3)n3c(-c4ccccc4C)nnc3c2c1. The maximum absolute atomic E-state index is 5.46. The Morgan fingerprint density at radius 3 is 2.71 bits per heavy atom. The summed E-state index contributed by atoms with van der Waals surface area (Å²) in [6.45, 7) is 4.67. The molecule has 138 valence electrons. The number of nitrogens with one attached hydrogen (secondary N) is 1. The number of aryl methyl sites for hydroxylation is 2. The predicted octanol–water partition coefficient (Wildman–Crippen LogP) is 4.77. The fourth-order valence-electron chi connectivity index (χ4n) is 3.45. The van der Waals surface area contributed by atoms with E-state index in [2.05, 4.69) is 53.6 Å². The van der Waals surface area contributed by atoms with Crippen LogP contribution in [0.4, 0.5) is 5.95 Å². The van der Waals surface area contributed by atoms with Crippen molar-refractivity contribution in [1.82, 2.24) is 19.6 Å². The van der Waals surface area contributed by atoms with Crippen LogP contribution in [0.25, 0.3) is 27.9 Å². The highest BCUT2D eigenvalue weighted by Gasteiger charge is 2.17. The Morgan fingerprint density at radius 2 is 1.89 bits per heavy atom. The van der Waals surface area contributed by atoms with Gasteiger partial charge in [0.05, 0.1) is 18.3 Å². The molecule has 3 aromatic heterocycles. The van der Waals surface area contributed by atoms with Crippen LogP contribution in [0.15, 0.2) is 65.3 Å². The van der Waals surface area contributed by atoms with E-state index in [1.54, 1.807) is 6.26 Å². The molecule has 0 spiro atoms. The fraction of sp³-hybridized carbons (Fsp3) is 0.136. The summed E-state index contributed by atoms with van der Waals surface area (Å²) in [4.78, 5) is 4.86. The van der Waals surface area contributed by atoms with Crippen LogP contribution in [0.3, 0.4) is 0 Å². The van der Waals surface area contributed by atoms with E-state index in [0.29, 0.717) is 12.5 Å². The summed E-state index contributed by atoms with van der Waals surface area (Å²) in [5.41, 5.74) is 4.99. The molecular weight excluding hydrogens is 350 g/mol. The number of hydrogen-bond acceptors (Lipinski definition) is 5. The van der Waals surface area contributed by atoms with Crippen LogP contribution in [0.2, 0.25) is 0 Å². The maximum atomic E-state index is 5.46. The molecule has 0 atom stereocenters. The Kier molecular flexibility index (Phi) is 3.83. The molecule has 6 heteroatoms. The molecule has 0 amide bonds. The summed E-state index contributed by atoms with van der Waals surface area (Å²) in [6.07, 6.45) is 1.67. The molecule has 3 heterocycles. The summed E-state index contributed by atoms with van der Waals surface area (Å²) in [5, 5.41) is 13.4. The molecule has 5 aromatic rings. The molecule has 0 radical (unpaired) electrons. The highest BCUT2D eigenvalue weighted by atomic mass is 16.3. The van der Waals surface area contributed by atoms with Gasteiger partial charge in [-0.15, -0.1) is 10.2 Å². The molecule has 0 saturated heterocycles. The van der Waals surface area contributed by atoms with Crippen molar-refractivity contribution in [3.8, 4) is 11.4 Å². The molecule has 28 heavy (non-hydrogen) atoms. The summed E-state index contributed by atoms with van der Waals surface area (Å²) in [7, 11) is 0. The monoisotopic (exact) mass is 369 g/mol. The molecule has 6 nitrogen and oxygen atoms in total. The van der Waals surface area contributed by atoms with Gasteiger partial charge in [0.25, 0.3) is 0 Å². The zero-order chi connectivity index (χ0) is 19.1. The highest BCUT2D eigenvalue weighted by Crippen LogP contribution is 2.29. The van der Waals surface area contributed by atoms with E-state index in [-0.39, 0.29) is 0 Å². The number of hydrogen-bond donors (Lipinski definition) is 1. The van der Waals surface area contributed by atoms with E-state index in [4.69, 9.17) is 9.40 Å². The van der Waals surface area contributed by atoms with E-state index < -0.39 is 0 Å². The molecule has 0 fully saturated rings. The lowest BCUT2D eigenvalue weighted by atomic mass is 10.1. The molecule has 1 N–H and O–H groups in total. The fourth-order valence-corrected chi connectivity index (χ4v) is 3.45. The van der Waals surface area contributed by atoms with Crippen molar-refractivity contribution >= 4 is 22.5 Å². The van der Waals surface area contributed by atoms with Gasteiger partial charge in [0.15, 0.2) is 11.5 Å². The second kappa shape index (κ2) is 6.49. The number of benzene rings is 2. The largest absolute Gasteiger partial charge is 0.467 e. The van der Waals surface area contributed by atoms with Crippen LogP contribution in [-0.4, -0.2) is 19.6 Å². The minimum Gasteiger partial charge on any atom is -0.467 e. The lowest BCUT2D eigenvalue weighted by Gasteiger charge is -2.12. The third-order valence-corrected chi connectivity index (χ3v) is 4.88. The number of furan rings is 1. The van der Waals surface area contributed by atoms with E-state index >= 15 is 0 Å². The van der Waals surface area contributed by atoms with Gasteiger partial charge in [-0.25, -0.2) is 9.38 Å². The van der Waals surface area contributed by atoms with Gasteiger partial charge in [-0.2, -0.15) is 0 Å². The smallest absolute Gasteiger partial charge is 0.211 e. The van der Waals surface area contributed by atoms with Crippen molar-refractivity contribution in [2.24, 2.45) is 0 Å². The zero-order valence-electron chi connectivity index (χ0n) is 15.7. The van der Waals surface area contributed by atoms with Gasteiger partial charge < -0.3 is 9.73 Å². The number of fused-ring (bicyclic) bond motifs is 3. The van der Waals surface area contributed by atoms with Crippen molar-refractivity contribution in [3.63, 3.8) is 0 Å². The molecule has 2 aromatic carbocycles. The van der Waals surface area contributed by atoms with Crippen LogP contribution in [0, 0.1) is 13.8 Å². The minimum atomic E-state index is 0.526. The first-order valence-electron chi connectivity index (χ1n) is 9.18. The predicted molar refractivity (Wildman–Crippen MR) is 109 cm³/mol. The van der Waals surface area contributed by atoms with Crippen molar-refractivity contribution < 1.29 is 4.42 Å². The van der Waals surface area contributed by atoms with Crippen LogP contribution in [0.5, 0.6) is 0 Å². The summed E-state index contributed by atoms with van der Waals surface area (Å²) in [5.74, 6) is 2.29. The van der Waals surface area contributed by atoms with Crippen molar-refractivity contribution in [2.45, 2.75) is 20.4 Å². The van der Waals surface area contributed by atoms with Crippen LogP contribution in [-0.2, 0) is 6.54 Å². The van der Waals surface area contributed by atoms with Gasteiger partial charge in [-0.3, -0.25) is 0 Å². The lowest BCUT2D eigenvalue weighted by Crippen LogP contribution is -2.08. The highest BCUT2D eigenvalue weighted by molar-refractivity contribution is 5.93. The maximum Gasteiger partial charge on any atom is 0.211 e. The summed E-state index contributed by atoms with van der Waals surface area (Å²) < 4.78 is 7.45. The average molecular weight is 369 g/mol. The number of nitrogens with zero attached hydrogens (tertiary/aromatic N) is 4. The van der Waals surface area contributed by atoms with Gasteiger partial charge >= 0.3 is 0 Å². The van der Waals surface area contributed by atoms with E-state index in [1.165, 1.54) is 0 Å². The standard InChI is InChI=1S/C22H19N5O/c1-14-9-10-19-18(12-14)21-26-25-20(17-8-4-3-6-15(17)2)27(21)22(24-19)23-13-16-7-5-11-28-16/h3-12H,13H2,1-2H3,(H,23,24). The first kappa shape index (κ1) is 16.5. The Labute approximate surface area is 161 Å². The third-order valence-electron chi connectivity index (χ3n) is 4.88. The molecule has 0 aliphatic heterocycles. The van der Waals surface area contributed by atoms with Crippen LogP contribution in [0.1, 0.15) is 16.9 Å². The van der Waals surface area contributed by atoms with Crippen LogP contribution < -0.4 is 5.32 Å². The van der Waals surface area contributed by atoms with Crippen molar-refractivity contribution in [2.75, 3.05) is 5.32 Å². The van der Waals surface area contributed by atoms with Crippen LogP contribution >= 0.6 is 0 Å². The quantitative estimate of drug-likeness (QED) is 0.494. The molecule has 0 saturated carbocycles. The second-order valence-corrected chi connectivity index (χ2v) is 6.89. The van der Waals surface area contributed by atoms with Gasteiger partial charge in [0, 0.05) is 10.9 Å². The first-order valence-corrected chi connectivity index (χ1v) is 9.18. The number of anilines is 1. The van der Waals surface area contributed by atoms with Crippen molar-refractivity contribution in [3.05, 3.63) is 77.7 Å². The Bertz CT molecular complexity index is 1290. The molecular formula is C22H19N5O. The summed E-state index contributed by atoms with van der Waals surface area (Å²) in [6, 6.07) is 18.2. The Hall–Kier alpha value is -3.67. The average Bonchev–Trinajstić information content (AvgIpc) is 3.37. The lowest BCUT2D eigenvalue weighted by molar-refractivity contribution is 0.517. The minimum absolute atomic E-state index is 0.526. The molecule has 0 aliphatic carbocycles. The van der Waals surface area contributed by atoms with E-state index in [1.807, 2.05) is 34.7 Å². The number of aromatic nitrogens is 4. The van der Waals surface area contributed by atoms with Gasteiger partial charge in [0.2, 0.25) is 5.95 Å². The van der Waals surface area contributed by atoms with Gasteiger partial charge in [0.1, 0.15) is 5.76 Å². The van der Waals surface area contributed by atoms with Gasteiger partial charge in [-0.05, 0) is 43.7 Å². The summed E-state index contributed by atoms with van der Waals surface area (Å²) >= 11 is 0. The van der Waals surface area contributed by atoms with Crippen molar-refractivity contribution in [1.29, 1.82) is 0 Å². The third kappa shape index (κ3) is 2.70. The molecule has 0 unspecified atom stereocenters. The first-order chi connectivity index (χ1) is 13.7. The molecule has 0 aliphatic rings.